The zero-order chi connectivity index (χ0) is 18.2. The number of anilines is 1. The van der Waals surface area contributed by atoms with E-state index in [9.17, 15) is 22.7 Å². The SMILES string of the molecule is CCc1ccc(C(=O)O)cc1S(=O)(=O)N1CCCc2cccc(F)c21. The normalized spacial score (nSPS) is 14.2. The van der Waals surface area contributed by atoms with E-state index in [1.807, 2.05) is 0 Å². The van der Waals surface area contributed by atoms with Crippen LogP contribution in [-0.4, -0.2) is 26.0 Å². The van der Waals surface area contributed by atoms with Gasteiger partial charge in [-0.25, -0.2) is 17.6 Å². The molecule has 5 nitrogen and oxygen atoms in total. The highest BCUT2D eigenvalue weighted by atomic mass is 32.2. The lowest BCUT2D eigenvalue weighted by molar-refractivity contribution is 0.0696. The molecule has 2 aromatic rings. The second-order valence-electron chi connectivity index (χ2n) is 5.91. The van der Waals surface area contributed by atoms with Crippen LogP contribution in [0.1, 0.15) is 34.8 Å². The summed E-state index contributed by atoms with van der Waals surface area (Å²) in [5.74, 6) is -1.79. The lowest BCUT2D eigenvalue weighted by atomic mass is 10.0. The number of sulfonamides is 1. The quantitative estimate of drug-likeness (QED) is 0.905. The van der Waals surface area contributed by atoms with E-state index in [4.69, 9.17) is 0 Å². The number of carboxylic acids is 1. The summed E-state index contributed by atoms with van der Waals surface area (Å²) in [6.45, 7) is 1.95. The minimum Gasteiger partial charge on any atom is -0.478 e. The van der Waals surface area contributed by atoms with Gasteiger partial charge in [0, 0.05) is 6.54 Å². The van der Waals surface area contributed by atoms with Crippen molar-refractivity contribution in [2.75, 3.05) is 10.8 Å². The molecule has 25 heavy (non-hydrogen) atoms. The summed E-state index contributed by atoms with van der Waals surface area (Å²) in [5.41, 5.74) is 1.11. The van der Waals surface area contributed by atoms with Gasteiger partial charge >= 0.3 is 5.97 Å². The molecule has 132 valence electrons. The predicted molar refractivity (Wildman–Crippen MR) is 92.0 cm³/mol. The van der Waals surface area contributed by atoms with E-state index in [1.54, 1.807) is 19.1 Å². The molecule has 0 amide bonds. The Morgan fingerprint density at radius 3 is 2.72 bits per heavy atom. The molecule has 0 spiro atoms. The lowest BCUT2D eigenvalue weighted by Crippen LogP contribution is -2.36. The first-order valence-electron chi connectivity index (χ1n) is 8.02. The Labute approximate surface area is 145 Å². The standard InChI is InChI=1S/C18H18FNO4S/c1-2-12-8-9-14(18(21)22)11-16(12)25(23,24)20-10-4-6-13-5-3-7-15(19)17(13)20/h3,5,7-9,11H,2,4,6,10H2,1H3,(H,21,22). The highest BCUT2D eigenvalue weighted by Gasteiger charge is 2.33. The van der Waals surface area contributed by atoms with Gasteiger partial charge in [-0.3, -0.25) is 4.31 Å². The highest BCUT2D eigenvalue weighted by Crippen LogP contribution is 2.35. The summed E-state index contributed by atoms with van der Waals surface area (Å²) >= 11 is 0. The molecule has 1 aliphatic heterocycles. The van der Waals surface area contributed by atoms with E-state index in [2.05, 4.69) is 0 Å². The molecule has 1 aliphatic rings. The Kier molecular flexibility index (Phi) is 4.51. The molecule has 7 heteroatoms. The van der Waals surface area contributed by atoms with Crippen LogP contribution in [0.3, 0.4) is 0 Å². The van der Waals surface area contributed by atoms with E-state index in [-0.39, 0.29) is 22.7 Å². The first-order valence-corrected chi connectivity index (χ1v) is 9.46. The van der Waals surface area contributed by atoms with Gasteiger partial charge in [-0.15, -0.1) is 0 Å². The van der Waals surface area contributed by atoms with Crippen LogP contribution >= 0.6 is 0 Å². The van der Waals surface area contributed by atoms with Crippen molar-refractivity contribution < 1.29 is 22.7 Å². The number of nitrogens with zero attached hydrogens (tertiary/aromatic N) is 1. The molecule has 0 aliphatic carbocycles. The molecule has 0 aromatic heterocycles. The molecule has 0 atom stereocenters. The van der Waals surface area contributed by atoms with E-state index in [1.165, 1.54) is 18.2 Å². The number of fused-ring (bicyclic) bond motifs is 1. The topological polar surface area (TPSA) is 74.7 Å². The van der Waals surface area contributed by atoms with Crippen molar-refractivity contribution in [3.63, 3.8) is 0 Å². The molecule has 3 rings (SSSR count). The van der Waals surface area contributed by atoms with Crippen LogP contribution in [0.25, 0.3) is 0 Å². The average Bonchev–Trinajstić information content (AvgIpc) is 2.60. The number of aryl methyl sites for hydroxylation is 2. The van der Waals surface area contributed by atoms with Gasteiger partial charge in [0.05, 0.1) is 16.1 Å². The smallest absolute Gasteiger partial charge is 0.335 e. The molecule has 0 radical (unpaired) electrons. The summed E-state index contributed by atoms with van der Waals surface area (Å²) in [4.78, 5) is 11.2. The maximum atomic E-state index is 14.4. The number of carboxylic acid groups (broad SMARTS) is 1. The lowest BCUT2D eigenvalue weighted by Gasteiger charge is -2.31. The Balaban J connectivity index is 2.19. The summed E-state index contributed by atoms with van der Waals surface area (Å²) in [6.07, 6.45) is 1.61. The number of hydrogen-bond acceptors (Lipinski definition) is 3. The van der Waals surface area contributed by atoms with Gasteiger partial charge in [-0.2, -0.15) is 0 Å². The minimum atomic E-state index is -4.07. The largest absolute Gasteiger partial charge is 0.478 e. The Morgan fingerprint density at radius 2 is 2.04 bits per heavy atom. The molecule has 2 aromatic carbocycles. The van der Waals surface area contributed by atoms with Crippen LogP contribution in [0.2, 0.25) is 0 Å². The molecule has 1 heterocycles. The van der Waals surface area contributed by atoms with E-state index in [0.717, 1.165) is 10.4 Å². The fourth-order valence-corrected chi connectivity index (χ4v) is 5.02. The predicted octanol–water partition coefficient (Wildman–Crippen LogP) is 3.23. The van der Waals surface area contributed by atoms with Gasteiger partial charge < -0.3 is 5.11 Å². The van der Waals surface area contributed by atoms with Crippen LogP contribution in [0, 0.1) is 5.82 Å². The summed E-state index contributed by atoms with van der Waals surface area (Å²) in [6, 6.07) is 8.56. The van der Waals surface area contributed by atoms with Crippen molar-refractivity contribution in [1.29, 1.82) is 0 Å². The van der Waals surface area contributed by atoms with E-state index >= 15 is 0 Å². The third kappa shape index (κ3) is 3.00. The van der Waals surface area contributed by atoms with Gasteiger partial charge in [0.1, 0.15) is 5.82 Å². The van der Waals surface area contributed by atoms with Crippen molar-refractivity contribution in [2.24, 2.45) is 0 Å². The molecule has 0 bridgehead atoms. The summed E-state index contributed by atoms with van der Waals surface area (Å²) in [7, 11) is -4.07. The maximum absolute atomic E-state index is 14.4. The number of aromatic carboxylic acids is 1. The van der Waals surface area contributed by atoms with Gasteiger partial charge in [-0.1, -0.05) is 25.1 Å². The third-order valence-corrected chi connectivity index (χ3v) is 6.27. The summed E-state index contributed by atoms with van der Waals surface area (Å²) in [5, 5.41) is 9.18. The first-order chi connectivity index (χ1) is 11.9. The van der Waals surface area contributed by atoms with Crippen LogP contribution in [0.4, 0.5) is 10.1 Å². The molecular weight excluding hydrogens is 345 g/mol. The number of rotatable bonds is 4. The molecule has 0 saturated heterocycles. The highest BCUT2D eigenvalue weighted by molar-refractivity contribution is 7.92. The fraction of sp³-hybridized carbons (Fsp3) is 0.278. The molecule has 0 fully saturated rings. The van der Waals surface area contributed by atoms with Crippen molar-refractivity contribution in [2.45, 2.75) is 31.1 Å². The summed E-state index contributed by atoms with van der Waals surface area (Å²) < 4.78 is 41.9. The van der Waals surface area contributed by atoms with Gasteiger partial charge in [-0.05, 0) is 48.6 Å². The van der Waals surface area contributed by atoms with Crippen molar-refractivity contribution in [3.8, 4) is 0 Å². The minimum absolute atomic E-state index is 0.0662. The first kappa shape index (κ1) is 17.4. The van der Waals surface area contributed by atoms with Crippen LogP contribution in [0.5, 0.6) is 0 Å². The van der Waals surface area contributed by atoms with Crippen LogP contribution in [0.15, 0.2) is 41.3 Å². The van der Waals surface area contributed by atoms with Crippen LogP contribution < -0.4 is 4.31 Å². The number of carbonyl (C=O) groups is 1. The Hall–Kier alpha value is -2.41. The van der Waals surface area contributed by atoms with Gasteiger partial charge in [0.15, 0.2) is 0 Å². The van der Waals surface area contributed by atoms with Crippen LogP contribution in [-0.2, 0) is 22.9 Å². The number of halogens is 1. The van der Waals surface area contributed by atoms with Gasteiger partial charge in [0.25, 0.3) is 10.0 Å². The number of benzene rings is 2. The van der Waals surface area contributed by atoms with Crippen molar-refractivity contribution >= 4 is 21.7 Å². The molecule has 0 saturated carbocycles. The van der Waals surface area contributed by atoms with Gasteiger partial charge in [0.2, 0.25) is 0 Å². The zero-order valence-corrected chi connectivity index (χ0v) is 14.5. The Bertz CT molecular complexity index is 940. The van der Waals surface area contributed by atoms with Crippen molar-refractivity contribution in [3.05, 3.63) is 58.9 Å². The molecular formula is C18H18FNO4S. The maximum Gasteiger partial charge on any atom is 0.335 e. The monoisotopic (exact) mass is 363 g/mol. The second kappa shape index (κ2) is 6.48. The average molecular weight is 363 g/mol. The molecule has 1 N–H and O–H groups in total. The molecule has 0 unspecified atom stereocenters. The van der Waals surface area contributed by atoms with Crippen molar-refractivity contribution in [1.82, 2.24) is 0 Å². The second-order valence-corrected chi connectivity index (χ2v) is 7.74. The van der Waals surface area contributed by atoms with E-state index < -0.39 is 21.8 Å². The third-order valence-electron chi connectivity index (χ3n) is 4.39. The number of para-hydroxylation sites is 1. The van der Waals surface area contributed by atoms with E-state index in [0.29, 0.717) is 30.4 Å². The number of hydrogen-bond donors (Lipinski definition) is 1. The fourth-order valence-electron chi connectivity index (χ4n) is 3.14. The zero-order valence-electron chi connectivity index (χ0n) is 13.7. The Morgan fingerprint density at radius 1 is 1.28 bits per heavy atom.